The van der Waals surface area contributed by atoms with E-state index in [-0.39, 0.29) is 10.9 Å². The summed E-state index contributed by atoms with van der Waals surface area (Å²) in [6.45, 7) is 1.97. The first-order valence-corrected chi connectivity index (χ1v) is 7.71. The van der Waals surface area contributed by atoms with E-state index in [0.29, 0.717) is 5.69 Å². The fourth-order valence-corrected chi connectivity index (χ4v) is 2.86. The van der Waals surface area contributed by atoms with Gasteiger partial charge in [-0.15, -0.1) is 0 Å². The minimum atomic E-state index is -3.58. The van der Waals surface area contributed by atoms with Crippen LogP contribution in [-0.2, 0) is 10.0 Å². The van der Waals surface area contributed by atoms with Crippen LogP contribution >= 0.6 is 0 Å². The van der Waals surface area contributed by atoms with Gasteiger partial charge < -0.3 is 5.32 Å². The first kappa shape index (κ1) is 14.5. The van der Waals surface area contributed by atoms with Crippen LogP contribution in [0.15, 0.2) is 53.7 Å². The van der Waals surface area contributed by atoms with Gasteiger partial charge in [0.2, 0.25) is 0 Å². The Morgan fingerprint density at radius 1 is 1.15 bits per heavy atom. The topological polar surface area (TPSA) is 71.1 Å². The van der Waals surface area contributed by atoms with E-state index in [1.165, 1.54) is 12.4 Å². The second-order valence-electron chi connectivity index (χ2n) is 4.42. The quantitative estimate of drug-likeness (QED) is 0.885. The summed E-state index contributed by atoms with van der Waals surface area (Å²) in [5.74, 6) is 0. The SMILES string of the molecule is CNC(C)c1cccc(S(=O)(=O)Nc2ccncc2)c1. The van der Waals surface area contributed by atoms with Gasteiger partial charge in [-0.3, -0.25) is 9.71 Å². The van der Waals surface area contributed by atoms with Gasteiger partial charge in [-0.2, -0.15) is 0 Å². The molecule has 0 aliphatic rings. The zero-order valence-electron chi connectivity index (χ0n) is 11.4. The van der Waals surface area contributed by atoms with Crippen LogP contribution in [0.3, 0.4) is 0 Å². The standard InChI is InChI=1S/C14H17N3O2S/c1-11(15-2)12-4-3-5-14(10-12)20(18,19)17-13-6-8-16-9-7-13/h3-11,15H,1-2H3,(H,16,17). The lowest BCUT2D eigenvalue weighted by molar-refractivity contribution is 0.600. The molecule has 2 rings (SSSR count). The Morgan fingerprint density at radius 3 is 2.50 bits per heavy atom. The summed E-state index contributed by atoms with van der Waals surface area (Å²) in [6, 6.07) is 10.2. The van der Waals surface area contributed by atoms with Crippen LogP contribution in [0.4, 0.5) is 5.69 Å². The molecule has 0 aliphatic heterocycles. The van der Waals surface area contributed by atoms with Crippen LogP contribution in [0.1, 0.15) is 18.5 Å². The van der Waals surface area contributed by atoms with Crippen LogP contribution in [-0.4, -0.2) is 20.4 Å². The molecule has 2 aromatic rings. The molecular weight excluding hydrogens is 274 g/mol. The number of nitrogens with one attached hydrogen (secondary N) is 2. The molecule has 0 spiro atoms. The maximum absolute atomic E-state index is 12.3. The predicted molar refractivity (Wildman–Crippen MR) is 79.0 cm³/mol. The number of sulfonamides is 1. The van der Waals surface area contributed by atoms with Crippen molar-refractivity contribution in [2.45, 2.75) is 17.9 Å². The minimum Gasteiger partial charge on any atom is -0.313 e. The number of nitrogens with zero attached hydrogens (tertiary/aromatic N) is 1. The lowest BCUT2D eigenvalue weighted by Crippen LogP contribution is -2.15. The van der Waals surface area contributed by atoms with Crippen molar-refractivity contribution in [3.63, 3.8) is 0 Å². The zero-order valence-corrected chi connectivity index (χ0v) is 12.2. The zero-order chi connectivity index (χ0) is 14.6. The smallest absolute Gasteiger partial charge is 0.261 e. The third kappa shape index (κ3) is 3.34. The van der Waals surface area contributed by atoms with E-state index in [0.717, 1.165) is 5.56 Å². The van der Waals surface area contributed by atoms with Gasteiger partial charge in [-0.1, -0.05) is 12.1 Å². The lowest BCUT2D eigenvalue weighted by Gasteiger charge is -2.13. The highest BCUT2D eigenvalue weighted by Crippen LogP contribution is 2.19. The lowest BCUT2D eigenvalue weighted by atomic mass is 10.1. The molecule has 0 amide bonds. The summed E-state index contributed by atoms with van der Waals surface area (Å²) in [5, 5.41) is 3.09. The summed E-state index contributed by atoms with van der Waals surface area (Å²) < 4.78 is 27.2. The number of anilines is 1. The average Bonchev–Trinajstić information content (AvgIpc) is 2.47. The normalized spacial score (nSPS) is 12.9. The summed E-state index contributed by atoms with van der Waals surface area (Å²) >= 11 is 0. The maximum atomic E-state index is 12.3. The van der Waals surface area contributed by atoms with Gasteiger partial charge in [0.25, 0.3) is 10.0 Å². The van der Waals surface area contributed by atoms with Crippen LogP contribution < -0.4 is 10.0 Å². The number of benzene rings is 1. The fourth-order valence-electron chi connectivity index (χ4n) is 1.75. The Bertz CT molecular complexity index is 672. The van der Waals surface area contributed by atoms with E-state index in [1.54, 1.807) is 30.3 Å². The Kier molecular flexibility index (Phi) is 4.36. The van der Waals surface area contributed by atoms with Crippen LogP contribution in [0.25, 0.3) is 0 Å². The van der Waals surface area contributed by atoms with Gasteiger partial charge in [0.1, 0.15) is 0 Å². The molecule has 0 saturated heterocycles. The Labute approximate surface area is 119 Å². The second kappa shape index (κ2) is 6.02. The minimum absolute atomic E-state index is 0.0890. The van der Waals surface area contributed by atoms with Crippen molar-refractivity contribution in [2.75, 3.05) is 11.8 Å². The van der Waals surface area contributed by atoms with E-state index in [4.69, 9.17) is 0 Å². The van der Waals surface area contributed by atoms with Gasteiger partial charge in [-0.05, 0) is 43.8 Å². The maximum Gasteiger partial charge on any atom is 0.261 e. The van der Waals surface area contributed by atoms with Gasteiger partial charge >= 0.3 is 0 Å². The van der Waals surface area contributed by atoms with Crippen molar-refractivity contribution in [1.82, 2.24) is 10.3 Å². The molecule has 0 aliphatic carbocycles. The number of rotatable bonds is 5. The van der Waals surface area contributed by atoms with E-state index in [2.05, 4.69) is 15.0 Å². The van der Waals surface area contributed by atoms with Crippen LogP contribution in [0.5, 0.6) is 0 Å². The molecule has 5 nitrogen and oxygen atoms in total. The summed E-state index contributed by atoms with van der Waals surface area (Å²) in [7, 11) is -1.75. The molecule has 0 fully saturated rings. The van der Waals surface area contributed by atoms with Gasteiger partial charge in [0, 0.05) is 18.4 Å². The molecule has 1 heterocycles. The molecule has 1 aromatic carbocycles. The molecule has 2 N–H and O–H groups in total. The first-order valence-electron chi connectivity index (χ1n) is 6.23. The molecule has 1 unspecified atom stereocenters. The first-order chi connectivity index (χ1) is 9.53. The Hall–Kier alpha value is -1.92. The highest BCUT2D eigenvalue weighted by molar-refractivity contribution is 7.92. The Morgan fingerprint density at radius 2 is 1.85 bits per heavy atom. The highest BCUT2D eigenvalue weighted by Gasteiger charge is 2.15. The molecular formula is C14H17N3O2S. The third-order valence-corrected chi connectivity index (χ3v) is 4.41. The summed E-state index contributed by atoms with van der Waals surface area (Å²) in [4.78, 5) is 4.10. The van der Waals surface area contributed by atoms with Crippen molar-refractivity contribution in [2.24, 2.45) is 0 Å². The molecule has 1 atom stereocenters. The van der Waals surface area contributed by atoms with Crippen molar-refractivity contribution in [3.8, 4) is 0 Å². The van der Waals surface area contributed by atoms with E-state index in [1.807, 2.05) is 20.0 Å². The van der Waals surface area contributed by atoms with Crippen LogP contribution in [0, 0.1) is 0 Å². The molecule has 0 saturated carbocycles. The van der Waals surface area contributed by atoms with Crippen molar-refractivity contribution >= 4 is 15.7 Å². The van der Waals surface area contributed by atoms with Crippen molar-refractivity contribution in [1.29, 1.82) is 0 Å². The number of hydrogen-bond acceptors (Lipinski definition) is 4. The fraction of sp³-hybridized carbons (Fsp3) is 0.214. The van der Waals surface area contributed by atoms with Crippen molar-refractivity contribution < 1.29 is 8.42 Å². The predicted octanol–water partition coefficient (Wildman–Crippen LogP) is 2.16. The van der Waals surface area contributed by atoms with Crippen LogP contribution in [0.2, 0.25) is 0 Å². The molecule has 0 radical (unpaired) electrons. The van der Waals surface area contributed by atoms with Crippen molar-refractivity contribution in [3.05, 3.63) is 54.4 Å². The summed E-state index contributed by atoms with van der Waals surface area (Å²) in [6.07, 6.45) is 3.08. The molecule has 20 heavy (non-hydrogen) atoms. The third-order valence-electron chi connectivity index (χ3n) is 3.03. The van der Waals surface area contributed by atoms with E-state index >= 15 is 0 Å². The van der Waals surface area contributed by atoms with E-state index in [9.17, 15) is 8.42 Å². The average molecular weight is 291 g/mol. The monoisotopic (exact) mass is 291 g/mol. The molecule has 0 bridgehead atoms. The second-order valence-corrected chi connectivity index (χ2v) is 6.11. The van der Waals surface area contributed by atoms with Gasteiger partial charge in [0.05, 0.1) is 10.6 Å². The largest absolute Gasteiger partial charge is 0.313 e. The molecule has 1 aromatic heterocycles. The van der Waals surface area contributed by atoms with Gasteiger partial charge in [0.15, 0.2) is 0 Å². The molecule has 6 heteroatoms. The number of aromatic nitrogens is 1. The highest BCUT2D eigenvalue weighted by atomic mass is 32.2. The van der Waals surface area contributed by atoms with Gasteiger partial charge in [-0.25, -0.2) is 8.42 Å². The molecule has 106 valence electrons. The number of hydrogen-bond donors (Lipinski definition) is 2. The number of pyridine rings is 1. The summed E-state index contributed by atoms with van der Waals surface area (Å²) in [5.41, 5.74) is 1.41. The van der Waals surface area contributed by atoms with E-state index < -0.39 is 10.0 Å². The Balaban J connectivity index is 2.30.